The summed E-state index contributed by atoms with van der Waals surface area (Å²) in [7, 11) is 0.301. The number of nitrogens with zero attached hydrogens (tertiary/aromatic N) is 1. The van der Waals surface area contributed by atoms with Crippen molar-refractivity contribution in [3.8, 4) is 17.0 Å². The van der Waals surface area contributed by atoms with Crippen molar-refractivity contribution >= 4 is 32.7 Å². The number of halogens is 2. The van der Waals surface area contributed by atoms with Gasteiger partial charge in [-0.2, -0.15) is 0 Å². The average molecular weight is 468 g/mol. The van der Waals surface area contributed by atoms with Crippen LogP contribution in [-0.4, -0.2) is 57.6 Å². The zero-order valence-electron chi connectivity index (χ0n) is 17.5. The topological polar surface area (TPSA) is 127 Å². The van der Waals surface area contributed by atoms with Crippen LogP contribution in [0.4, 0.5) is 19.3 Å². The molecular weight excluding hydrogens is 446 g/mol. The van der Waals surface area contributed by atoms with Crippen LogP contribution in [0.1, 0.15) is 0 Å². The van der Waals surface area contributed by atoms with Gasteiger partial charge in [0.2, 0.25) is 0 Å². The van der Waals surface area contributed by atoms with Crippen molar-refractivity contribution in [2.24, 2.45) is 5.73 Å². The maximum absolute atomic E-state index is 13.5. The molecule has 12 heteroatoms. The number of methoxy groups -OCH3 is 1. The molecule has 1 amide bonds. The Hall–Kier alpha value is -3.38. The zero-order valence-corrected chi connectivity index (χ0v) is 18.3. The molecule has 3 aromatic rings. The minimum absolute atomic E-state index is 0.118. The van der Waals surface area contributed by atoms with Gasteiger partial charge in [0.05, 0.1) is 12.8 Å². The average Bonchev–Trinajstić information content (AvgIpc) is 3.10. The number of primary amides is 1. The van der Waals surface area contributed by atoms with Gasteiger partial charge in [0.1, 0.15) is 12.4 Å². The third kappa shape index (κ3) is 4.92. The Bertz CT molecular complexity index is 1220. The van der Waals surface area contributed by atoms with Gasteiger partial charge in [-0.05, 0) is 44.4 Å². The lowest BCUT2D eigenvalue weighted by Gasteiger charge is -2.24. The molecule has 0 bridgehead atoms. The van der Waals surface area contributed by atoms with E-state index in [1.807, 2.05) is 0 Å². The monoisotopic (exact) mass is 468 g/mol. The van der Waals surface area contributed by atoms with E-state index in [2.05, 4.69) is 14.4 Å². The first-order valence-corrected chi connectivity index (χ1v) is 10.8. The lowest BCUT2D eigenvalue weighted by atomic mass is 10.1. The van der Waals surface area contributed by atoms with Gasteiger partial charge in [-0.25, -0.2) is 22.0 Å². The lowest BCUT2D eigenvalue weighted by Crippen LogP contribution is -2.43. The second-order valence-corrected chi connectivity index (χ2v) is 8.99. The third-order valence-electron chi connectivity index (χ3n) is 4.73. The van der Waals surface area contributed by atoms with Crippen molar-refractivity contribution < 1.29 is 31.5 Å². The summed E-state index contributed by atoms with van der Waals surface area (Å²) in [4.78, 5) is 15.3. The van der Waals surface area contributed by atoms with Crippen molar-refractivity contribution in [2.75, 3.05) is 32.5 Å². The molecule has 0 aliphatic carbocycles. The zero-order chi connectivity index (χ0) is 23.6. The highest BCUT2D eigenvalue weighted by molar-refractivity contribution is 7.93. The number of fused-ring (bicyclic) bond motifs is 1. The summed E-state index contributed by atoms with van der Waals surface area (Å²) in [6, 6.07) is 8.44. The number of sulfonamides is 1. The number of nitrogens with two attached hydrogens (primary N) is 1. The predicted octanol–water partition coefficient (Wildman–Crippen LogP) is 2.85. The number of nitrogens with one attached hydrogen (secondary N) is 2. The maximum atomic E-state index is 13.5. The molecule has 0 aliphatic rings. The predicted molar refractivity (Wildman–Crippen MR) is 116 cm³/mol. The second kappa shape index (κ2) is 9.01. The van der Waals surface area contributed by atoms with Crippen molar-refractivity contribution in [3.63, 3.8) is 0 Å². The number of likely N-dealkylation sites (N-methyl/N-ethyl adjacent to an activating group) is 1. The molecule has 1 unspecified atom stereocenters. The number of rotatable bonds is 8. The van der Waals surface area contributed by atoms with Crippen LogP contribution in [-0.2, 0) is 14.8 Å². The fourth-order valence-electron chi connectivity index (χ4n) is 3.13. The fourth-order valence-corrected chi connectivity index (χ4v) is 4.53. The number of anilines is 1. The van der Waals surface area contributed by atoms with Crippen LogP contribution in [0.2, 0.25) is 0 Å². The molecular formula is C20H22F2N4O5S. The molecule has 0 fully saturated rings. The number of aromatic amines is 1. The van der Waals surface area contributed by atoms with Gasteiger partial charge in [-0.3, -0.25) is 9.62 Å². The molecule has 0 saturated heterocycles. The number of carbonyl (C=O) groups is 1. The Morgan fingerprint density at radius 1 is 1.19 bits per heavy atom. The number of carbonyl (C=O) groups excluding carboxylic acids is 1. The van der Waals surface area contributed by atoms with E-state index in [0.29, 0.717) is 22.2 Å². The molecule has 4 N–H and O–H groups in total. The number of ether oxygens (including phenoxy) is 2. The molecule has 3 rings (SSSR count). The quantitative estimate of drug-likeness (QED) is 0.467. The third-order valence-corrected chi connectivity index (χ3v) is 6.51. The van der Waals surface area contributed by atoms with Gasteiger partial charge in [-0.1, -0.05) is 0 Å². The van der Waals surface area contributed by atoms with Crippen LogP contribution in [0.3, 0.4) is 0 Å². The van der Waals surface area contributed by atoms with E-state index in [-0.39, 0.29) is 11.4 Å². The van der Waals surface area contributed by atoms with Crippen molar-refractivity contribution in [1.82, 2.24) is 9.88 Å². The molecule has 1 heterocycles. The largest absolute Gasteiger partial charge is 0.495 e. The van der Waals surface area contributed by atoms with E-state index >= 15 is 0 Å². The highest BCUT2D eigenvalue weighted by Gasteiger charge is 2.30. The van der Waals surface area contributed by atoms with Gasteiger partial charge in [0, 0.05) is 28.2 Å². The van der Waals surface area contributed by atoms with Crippen LogP contribution < -0.4 is 15.2 Å². The first-order valence-electron chi connectivity index (χ1n) is 9.28. The summed E-state index contributed by atoms with van der Waals surface area (Å²) in [5.74, 6) is -1.72. The van der Waals surface area contributed by atoms with Crippen molar-refractivity contribution in [1.29, 1.82) is 0 Å². The second-order valence-electron chi connectivity index (χ2n) is 7.15. The molecule has 0 radical (unpaired) electrons. The number of benzene rings is 2. The van der Waals surface area contributed by atoms with Crippen molar-refractivity contribution in [3.05, 3.63) is 48.0 Å². The normalized spacial score (nSPS) is 12.7. The minimum atomic E-state index is -4.08. The van der Waals surface area contributed by atoms with Crippen LogP contribution in [0.5, 0.6) is 5.75 Å². The van der Waals surface area contributed by atoms with Crippen LogP contribution >= 0.6 is 0 Å². The SMILES string of the molecule is COc1ccc(-c2cc3cc(F)c(F)cc3[nH]2)cc1NS(=O)(=O)C(COC(N)=O)N(C)C. The Labute approximate surface area is 183 Å². The molecule has 1 aromatic heterocycles. The summed E-state index contributed by atoms with van der Waals surface area (Å²) in [6.45, 7) is -0.487. The Kier molecular flexibility index (Phi) is 6.55. The number of amides is 1. The fraction of sp³-hybridized carbons (Fsp3) is 0.250. The first-order chi connectivity index (χ1) is 15.0. The summed E-state index contributed by atoms with van der Waals surface area (Å²) >= 11 is 0. The van der Waals surface area contributed by atoms with Crippen LogP contribution in [0.25, 0.3) is 22.2 Å². The smallest absolute Gasteiger partial charge is 0.404 e. The van der Waals surface area contributed by atoms with E-state index < -0.39 is 39.7 Å². The van der Waals surface area contributed by atoms with Crippen molar-refractivity contribution in [2.45, 2.75) is 5.37 Å². The number of hydrogen-bond acceptors (Lipinski definition) is 6. The summed E-state index contributed by atoms with van der Waals surface area (Å²) in [5.41, 5.74) is 6.50. The molecule has 2 aromatic carbocycles. The van der Waals surface area contributed by atoms with Crippen LogP contribution in [0, 0.1) is 11.6 Å². The number of H-pyrrole nitrogens is 1. The molecule has 32 heavy (non-hydrogen) atoms. The highest BCUT2D eigenvalue weighted by atomic mass is 32.2. The van der Waals surface area contributed by atoms with E-state index in [4.69, 9.17) is 10.5 Å². The van der Waals surface area contributed by atoms with E-state index in [1.165, 1.54) is 32.2 Å². The standard InChI is InChI=1S/C20H22F2N4O5S/c1-26(2)19(10-31-20(23)27)32(28,29)25-17-7-11(4-5-18(17)30-3)15-8-12-6-13(21)14(22)9-16(12)24-15/h4-9,19,24-25H,10H2,1-3H3,(H2,23,27). The summed E-state index contributed by atoms with van der Waals surface area (Å²) in [5, 5.41) is -0.782. The van der Waals surface area contributed by atoms with Gasteiger partial charge < -0.3 is 20.2 Å². The van der Waals surface area contributed by atoms with E-state index in [9.17, 15) is 22.0 Å². The molecule has 0 aliphatic heterocycles. The lowest BCUT2D eigenvalue weighted by molar-refractivity contribution is 0.138. The Morgan fingerprint density at radius 2 is 1.88 bits per heavy atom. The summed E-state index contributed by atoms with van der Waals surface area (Å²) in [6.07, 6.45) is -1.10. The van der Waals surface area contributed by atoms with Gasteiger partial charge >= 0.3 is 6.09 Å². The minimum Gasteiger partial charge on any atom is -0.495 e. The first kappa shape index (κ1) is 23.3. The summed E-state index contributed by atoms with van der Waals surface area (Å²) < 4.78 is 65.3. The molecule has 172 valence electrons. The highest BCUT2D eigenvalue weighted by Crippen LogP contribution is 2.33. The van der Waals surface area contributed by atoms with E-state index in [0.717, 1.165) is 12.1 Å². The molecule has 1 atom stereocenters. The van der Waals surface area contributed by atoms with Gasteiger partial charge in [-0.15, -0.1) is 0 Å². The van der Waals surface area contributed by atoms with Crippen LogP contribution in [0.15, 0.2) is 36.4 Å². The van der Waals surface area contributed by atoms with Gasteiger partial charge in [0.25, 0.3) is 10.0 Å². The molecule has 0 saturated carbocycles. The molecule has 0 spiro atoms. The maximum Gasteiger partial charge on any atom is 0.404 e. The van der Waals surface area contributed by atoms with Gasteiger partial charge in [0.15, 0.2) is 17.0 Å². The number of hydrogen-bond donors (Lipinski definition) is 3. The van der Waals surface area contributed by atoms with E-state index in [1.54, 1.807) is 18.2 Å². The Morgan fingerprint density at radius 3 is 2.50 bits per heavy atom. The molecule has 9 nitrogen and oxygen atoms in total. The number of aromatic nitrogens is 1. The Balaban J connectivity index is 1.98.